The van der Waals surface area contributed by atoms with Gasteiger partial charge in [0.05, 0.1) is 12.5 Å². The van der Waals surface area contributed by atoms with Crippen molar-refractivity contribution < 1.29 is 9.59 Å². The number of carbonyl (C=O) groups excluding carboxylic acids is 2. The lowest BCUT2D eigenvalue weighted by molar-refractivity contribution is -0.134. The first-order chi connectivity index (χ1) is 8.00. The highest BCUT2D eigenvalue weighted by Crippen LogP contribution is 2.24. The van der Waals surface area contributed by atoms with Gasteiger partial charge >= 0.3 is 0 Å². The Hall–Kier alpha value is -1.10. The minimum atomic E-state index is -0.791. The summed E-state index contributed by atoms with van der Waals surface area (Å²) in [5.41, 5.74) is 10.7. The molecule has 0 bridgehead atoms. The molecule has 1 unspecified atom stereocenters. The zero-order chi connectivity index (χ0) is 12.8. The zero-order valence-corrected chi connectivity index (χ0v) is 10.5. The third-order valence-electron chi connectivity index (χ3n) is 3.37. The fourth-order valence-electron chi connectivity index (χ4n) is 2.43. The number of amides is 2. The number of rotatable bonds is 5. The van der Waals surface area contributed by atoms with Crippen molar-refractivity contribution in [2.45, 2.75) is 44.6 Å². The van der Waals surface area contributed by atoms with E-state index in [4.69, 9.17) is 11.5 Å². The van der Waals surface area contributed by atoms with Crippen LogP contribution in [0.1, 0.15) is 38.5 Å². The first kappa shape index (κ1) is 14.0. The SMILES string of the molecule is CN(CC1CCCCC1)C(=O)C(N)CC(N)=O. The lowest BCUT2D eigenvalue weighted by atomic mass is 9.89. The Bertz CT molecular complexity index is 275. The van der Waals surface area contributed by atoms with E-state index in [1.807, 2.05) is 0 Å². The fraction of sp³-hybridized carbons (Fsp3) is 0.833. The van der Waals surface area contributed by atoms with Crippen LogP contribution in [-0.4, -0.2) is 36.3 Å². The molecule has 1 saturated carbocycles. The van der Waals surface area contributed by atoms with Gasteiger partial charge in [0.1, 0.15) is 0 Å². The van der Waals surface area contributed by atoms with Crippen LogP contribution in [0.25, 0.3) is 0 Å². The molecule has 0 aromatic rings. The summed E-state index contributed by atoms with van der Waals surface area (Å²) in [5.74, 6) is -0.134. The summed E-state index contributed by atoms with van der Waals surface area (Å²) < 4.78 is 0. The second-order valence-corrected chi connectivity index (χ2v) is 5.00. The van der Waals surface area contributed by atoms with Crippen molar-refractivity contribution >= 4 is 11.8 Å². The lowest BCUT2D eigenvalue weighted by Crippen LogP contribution is -2.45. The Labute approximate surface area is 103 Å². The number of likely N-dealkylation sites (N-methyl/N-ethyl adjacent to an activating group) is 1. The lowest BCUT2D eigenvalue weighted by Gasteiger charge is -2.28. The van der Waals surface area contributed by atoms with E-state index in [9.17, 15) is 9.59 Å². The molecule has 1 aliphatic carbocycles. The predicted molar refractivity (Wildman–Crippen MR) is 66.0 cm³/mol. The molecule has 17 heavy (non-hydrogen) atoms. The van der Waals surface area contributed by atoms with Crippen LogP contribution in [-0.2, 0) is 9.59 Å². The molecule has 0 saturated heterocycles. The third-order valence-corrected chi connectivity index (χ3v) is 3.37. The van der Waals surface area contributed by atoms with Crippen LogP contribution < -0.4 is 11.5 Å². The van der Waals surface area contributed by atoms with E-state index in [2.05, 4.69) is 0 Å². The van der Waals surface area contributed by atoms with Crippen molar-refractivity contribution in [3.8, 4) is 0 Å². The number of hydrogen-bond donors (Lipinski definition) is 2. The van der Waals surface area contributed by atoms with Crippen LogP contribution in [0.4, 0.5) is 0 Å². The van der Waals surface area contributed by atoms with Crippen molar-refractivity contribution in [1.29, 1.82) is 0 Å². The van der Waals surface area contributed by atoms with E-state index in [0.717, 1.165) is 6.54 Å². The van der Waals surface area contributed by atoms with Crippen LogP contribution in [0, 0.1) is 5.92 Å². The minimum absolute atomic E-state index is 0.0756. The maximum Gasteiger partial charge on any atom is 0.239 e. The quantitative estimate of drug-likeness (QED) is 0.722. The average molecular weight is 241 g/mol. The first-order valence-electron chi connectivity index (χ1n) is 6.29. The van der Waals surface area contributed by atoms with Crippen molar-refractivity contribution in [2.75, 3.05) is 13.6 Å². The number of nitrogens with two attached hydrogens (primary N) is 2. The van der Waals surface area contributed by atoms with Gasteiger partial charge in [-0.1, -0.05) is 19.3 Å². The zero-order valence-electron chi connectivity index (χ0n) is 10.5. The Balaban J connectivity index is 2.37. The van der Waals surface area contributed by atoms with Gasteiger partial charge in [0.2, 0.25) is 11.8 Å². The van der Waals surface area contributed by atoms with Gasteiger partial charge in [0.15, 0.2) is 0 Å². The Morgan fingerprint density at radius 2 is 1.88 bits per heavy atom. The molecular weight excluding hydrogens is 218 g/mol. The van der Waals surface area contributed by atoms with Gasteiger partial charge in [0.25, 0.3) is 0 Å². The van der Waals surface area contributed by atoms with Gasteiger partial charge in [-0.2, -0.15) is 0 Å². The van der Waals surface area contributed by atoms with Crippen molar-refractivity contribution in [1.82, 2.24) is 4.90 Å². The van der Waals surface area contributed by atoms with Crippen molar-refractivity contribution in [2.24, 2.45) is 17.4 Å². The Morgan fingerprint density at radius 3 is 2.41 bits per heavy atom. The van der Waals surface area contributed by atoms with Crippen LogP contribution in [0.15, 0.2) is 0 Å². The molecule has 4 N–H and O–H groups in total. The summed E-state index contributed by atoms with van der Waals surface area (Å²) in [6.07, 6.45) is 6.09. The molecule has 5 heteroatoms. The average Bonchev–Trinajstić information content (AvgIpc) is 2.28. The highest BCUT2D eigenvalue weighted by atomic mass is 16.2. The van der Waals surface area contributed by atoms with Gasteiger partial charge in [0, 0.05) is 13.6 Å². The summed E-state index contributed by atoms with van der Waals surface area (Å²) in [6, 6.07) is -0.791. The smallest absolute Gasteiger partial charge is 0.239 e. The molecule has 0 spiro atoms. The second-order valence-electron chi connectivity index (χ2n) is 5.00. The number of nitrogens with zero attached hydrogens (tertiary/aromatic N) is 1. The summed E-state index contributed by atoms with van der Waals surface area (Å²) in [5, 5.41) is 0. The molecule has 2 amide bonds. The van der Waals surface area contributed by atoms with Crippen LogP contribution in [0.3, 0.4) is 0 Å². The number of primary amides is 1. The van der Waals surface area contributed by atoms with Gasteiger partial charge in [-0.05, 0) is 18.8 Å². The Kier molecular flexibility index (Phi) is 5.41. The van der Waals surface area contributed by atoms with Crippen LogP contribution >= 0.6 is 0 Å². The van der Waals surface area contributed by atoms with Crippen molar-refractivity contribution in [3.05, 3.63) is 0 Å². The van der Waals surface area contributed by atoms with E-state index < -0.39 is 11.9 Å². The molecule has 1 aliphatic rings. The highest BCUT2D eigenvalue weighted by Gasteiger charge is 2.23. The Morgan fingerprint density at radius 1 is 1.29 bits per heavy atom. The minimum Gasteiger partial charge on any atom is -0.370 e. The van der Waals surface area contributed by atoms with Gasteiger partial charge in [-0.15, -0.1) is 0 Å². The molecule has 98 valence electrons. The molecule has 0 radical (unpaired) electrons. The molecule has 0 heterocycles. The fourth-order valence-corrected chi connectivity index (χ4v) is 2.43. The predicted octanol–water partition coefficient (Wildman–Crippen LogP) is 0.228. The highest BCUT2D eigenvalue weighted by molar-refractivity contribution is 5.87. The van der Waals surface area contributed by atoms with Gasteiger partial charge < -0.3 is 16.4 Å². The summed E-state index contributed by atoms with van der Waals surface area (Å²) in [4.78, 5) is 24.2. The molecule has 0 aromatic carbocycles. The molecule has 5 nitrogen and oxygen atoms in total. The molecule has 1 rings (SSSR count). The molecule has 0 aromatic heterocycles. The van der Waals surface area contributed by atoms with E-state index in [0.29, 0.717) is 5.92 Å². The van der Waals surface area contributed by atoms with E-state index in [1.54, 1.807) is 11.9 Å². The monoisotopic (exact) mass is 241 g/mol. The number of carbonyl (C=O) groups is 2. The first-order valence-corrected chi connectivity index (χ1v) is 6.29. The standard InChI is InChI=1S/C12H23N3O2/c1-15(8-9-5-3-2-4-6-9)12(17)10(13)7-11(14)16/h9-10H,2-8,13H2,1H3,(H2,14,16). The van der Waals surface area contributed by atoms with E-state index in [1.165, 1.54) is 32.1 Å². The largest absolute Gasteiger partial charge is 0.370 e. The molecule has 1 atom stereocenters. The van der Waals surface area contributed by atoms with Gasteiger partial charge in [-0.3, -0.25) is 9.59 Å². The summed E-state index contributed by atoms with van der Waals surface area (Å²) in [7, 11) is 1.75. The summed E-state index contributed by atoms with van der Waals surface area (Å²) in [6.45, 7) is 0.741. The maximum atomic E-state index is 11.8. The number of hydrogen-bond acceptors (Lipinski definition) is 3. The molecular formula is C12H23N3O2. The van der Waals surface area contributed by atoms with E-state index >= 15 is 0 Å². The summed E-state index contributed by atoms with van der Waals surface area (Å²) >= 11 is 0. The molecule has 1 fully saturated rings. The normalized spacial score (nSPS) is 18.7. The third kappa shape index (κ3) is 4.73. The van der Waals surface area contributed by atoms with Gasteiger partial charge in [-0.25, -0.2) is 0 Å². The topological polar surface area (TPSA) is 89.4 Å². The second kappa shape index (κ2) is 6.59. The molecule has 0 aliphatic heterocycles. The van der Waals surface area contributed by atoms with Crippen molar-refractivity contribution in [3.63, 3.8) is 0 Å². The maximum absolute atomic E-state index is 11.8. The van der Waals surface area contributed by atoms with E-state index in [-0.39, 0.29) is 12.3 Å². The van der Waals surface area contributed by atoms with Crippen LogP contribution in [0.5, 0.6) is 0 Å². The van der Waals surface area contributed by atoms with Crippen LogP contribution in [0.2, 0.25) is 0 Å².